The van der Waals surface area contributed by atoms with Gasteiger partial charge < -0.3 is 9.47 Å². The number of hydrogen-bond acceptors (Lipinski definition) is 5. The van der Waals surface area contributed by atoms with Crippen LogP contribution in [0.3, 0.4) is 0 Å². The lowest BCUT2D eigenvalue weighted by atomic mass is 9.84. The van der Waals surface area contributed by atoms with E-state index in [2.05, 4.69) is 108 Å². The molecule has 5 nitrogen and oxygen atoms in total. The van der Waals surface area contributed by atoms with Crippen molar-refractivity contribution < 1.29 is 9.47 Å². The summed E-state index contributed by atoms with van der Waals surface area (Å²) >= 11 is 1.84. The molecule has 3 aliphatic rings. The summed E-state index contributed by atoms with van der Waals surface area (Å²) in [6.07, 6.45) is 2.73. The van der Waals surface area contributed by atoms with E-state index >= 15 is 0 Å². The molecule has 6 heteroatoms. The second-order valence-electron chi connectivity index (χ2n) is 14.8. The Labute approximate surface area is 279 Å². The van der Waals surface area contributed by atoms with Gasteiger partial charge in [0.1, 0.15) is 28.3 Å². The fourth-order valence-corrected chi connectivity index (χ4v) is 8.89. The Morgan fingerprint density at radius 1 is 0.894 bits per heavy atom. The lowest BCUT2D eigenvalue weighted by Crippen LogP contribution is -2.41. The van der Waals surface area contributed by atoms with Gasteiger partial charge in [0.2, 0.25) is 5.90 Å². The van der Waals surface area contributed by atoms with Gasteiger partial charge in [-0.15, -0.1) is 0 Å². The maximum Gasteiger partial charge on any atom is 0.217 e. The number of benzene rings is 4. The molecule has 0 unspecified atom stereocenters. The molecule has 2 atom stereocenters. The van der Waals surface area contributed by atoms with Gasteiger partial charge in [0.05, 0.1) is 11.2 Å². The van der Waals surface area contributed by atoms with Crippen LogP contribution < -0.4 is 4.74 Å². The van der Waals surface area contributed by atoms with Crippen LogP contribution in [-0.2, 0) is 22.1 Å². The standard InChI is InChI=1S/C41H37N3O2S/c1-23-13-14-31-26(16-23)22-40(6)41(31,7)43-38(46-40)25-10-8-11-28(18-25)45-33-21-32-34(17-24(33)2)47-35-20-27(39(3,4)5)19-30-29-12-9-15-42-37(29)44(32)36(30)35/h8-21H,22H2,1-7H3/t40-,41+/m0/s1. The van der Waals surface area contributed by atoms with Crippen LogP contribution >= 0.6 is 11.8 Å². The second kappa shape index (κ2) is 9.51. The highest BCUT2D eigenvalue weighted by Crippen LogP contribution is 2.54. The number of aryl methyl sites for hydroxylation is 2. The van der Waals surface area contributed by atoms with Gasteiger partial charge in [0.15, 0.2) is 0 Å². The van der Waals surface area contributed by atoms with E-state index in [1.807, 2.05) is 42.2 Å². The number of nitrogens with zero attached hydrogens (tertiary/aromatic N) is 3. The maximum absolute atomic E-state index is 6.70. The van der Waals surface area contributed by atoms with Crippen molar-refractivity contribution in [2.45, 2.75) is 81.2 Å². The first-order chi connectivity index (χ1) is 22.4. The van der Waals surface area contributed by atoms with Crippen LogP contribution in [0.1, 0.15) is 68.0 Å². The zero-order valence-electron chi connectivity index (χ0n) is 27.9. The number of aliphatic imine (C=N–C) groups is 1. The lowest BCUT2D eigenvalue weighted by molar-refractivity contribution is 0.0476. The molecule has 0 saturated carbocycles. The monoisotopic (exact) mass is 635 g/mol. The minimum absolute atomic E-state index is 0.0389. The molecule has 0 amide bonds. The molecule has 6 aromatic rings. The van der Waals surface area contributed by atoms with Gasteiger partial charge in [-0.1, -0.05) is 62.4 Å². The lowest BCUT2D eigenvalue weighted by Gasteiger charge is -2.31. The molecule has 0 N–H and O–H groups in total. The molecule has 0 saturated heterocycles. The smallest absolute Gasteiger partial charge is 0.217 e. The summed E-state index contributed by atoms with van der Waals surface area (Å²) in [4.78, 5) is 12.6. The van der Waals surface area contributed by atoms with E-state index < -0.39 is 11.1 Å². The van der Waals surface area contributed by atoms with E-state index in [0.717, 1.165) is 40.4 Å². The van der Waals surface area contributed by atoms with Gasteiger partial charge in [0.25, 0.3) is 0 Å². The maximum atomic E-state index is 6.70. The quantitative estimate of drug-likeness (QED) is 0.194. The van der Waals surface area contributed by atoms with Gasteiger partial charge in [-0.05, 0) is 104 Å². The van der Waals surface area contributed by atoms with E-state index in [9.17, 15) is 0 Å². The summed E-state index contributed by atoms with van der Waals surface area (Å²) in [6, 6.07) is 28.2. The van der Waals surface area contributed by atoms with Crippen LogP contribution in [-0.4, -0.2) is 21.0 Å². The third-order valence-electron chi connectivity index (χ3n) is 10.5. The first-order valence-electron chi connectivity index (χ1n) is 16.4. The Morgan fingerprint density at radius 3 is 2.57 bits per heavy atom. The highest BCUT2D eigenvalue weighted by Gasteiger charge is 2.58. The van der Waals surface area contributed by atoms with Gasteiger partial charge in [-0.25, -0.2) is 9.98 Å². The molecular formula is C41H37N3O2S. The van der Waals surface area contributed by atoms with Crippen molar-refractivity contribution in [2.75, 3.05) is 0 Å². The van der Waals surface area contributed by atoms with Gasteiger partial charge in [0, 0.05) is 44.8 Å². The van der Waals surface area contributed by atoms with Crippen molar-refractivity contribution >= 4 is 39.6 Å². The van der Waals surface area contributed by atoms with Crippen molar-refractivity contribution in [1.82, 2.24) is 9.55 Å². The fraction of sp³-hybridized carbons (Fsp3) is 0.268. The van der Waals surface area contributed by atoms with Crippen LogP contribution in [0, 0.1) is 13.8 Å². The van der Waals surface area contributed by atoms with Gasteiger partial charge in [-0.3, -0.25) is 4.57 Å². The number of ether oxygens (including phenoxy) is 2. The zero-order valence-corrected chi connectivity index (χ0v) is 28.7. The summed E-state index contributed by atoms with van der Waals surface area (Å²) in [7, 11) is 0. The van der Waals surface area contributed by atoms with Gasteiger partial charge >= 0.3 is 0 Å². The Kier molecular flexibility index (Phi) is 5.80. The molecule has 47 heavy (non-hydrogen) atoms. The average Bonchev–Trinajstić information content (AvgIpc) is 3.57. The van der Waals surface area contributed by atoms with Crippen molar-refractivity contribution in [3.8, 4) is 17.2 Å². The van der Waals surface area contributed by atoms with Crippen LogP contribution in [0.15, 0.2) is 99.8 Å². The molecule has 1 aliphatic carbocycles. The van der Waals surface area contributed by atoms with Crippen molar-refractivity contribution in [3.05, 3.63) is 118 Å². The van der Waals surface area contributed by atoms with Crippen molar-refractivity contribution in [2.24, 2.45) is 4.99 Å². The minimum atomic E-state index is -0.433. The molecule has 234 valence electrons. The van der Waals surface area contributed by atoms with Crippen LogP contribution in [0.4, 0.5) is 0 Å². The zero-order chi connectivity index (χ0) is 32.5. The predicted octanol–water partition coefficient (Wildman–Crippen LogP) is 10.4. The Morgan fingerprint density at radius 2 is 1.74 bits per heavy atom. The van der Waals surface area contributed by atoms with Crippen molar-refractivity contribution in [1.29, 1.82) is 0 Å². The van der Waals surface area contributed by atoms with E-state index in [1.54, 1.807) is 0 Å². The minimum Gasteiger partial charge on any atom is -0.468 e. The van der Waals surface area contributed by atoms with Crippen LogP contribution in [0.5, 0.6) is 11.5 Å². The Hall–Kier alpha value is -4.55. The SMILES string of the molecule is Cc1ccc2c(c1)C[C@]1(C)OC(c3cccc(Oc4cc5c(cc4C)Sc4cc(C(C)(C)C)cc6c7cccnc7n-5c46)c3)=N[C@]21C. The highest BCUT2D eigenvalue weighted by atomic mass is 32.2. The van der Waals surface area contributed by atoms with E-state index in [1.165, 1.54) is 48.3 Å². The molecule has 4 heterocycles. The summed E-state index contributed by atoms with van der Waals surface area (Å²) in [6.45, 7) is 15.5. The number of rotatable bonds is 3. The largest absolute Gasteiger partial charge is 0.468 e. The molecule has 0 spiro atoms. The van der Waals surface area contributed by atoms with Crippen LogP contribution in [0.25, 0.3) is 27.6 Å². The highest BCUT2D eigenvalue weighted by molar-refractivity contribution is 7.99. The third kappa shape index (κ3) is 4.10. The molecule has 4 aromatic carbocycles. The van der Waals surface area contributed by atoms with Crippen LogP contribution in [0.2, 0.25) is 0 Å². The topological polar surface area (TPSA) is 48.6 Å². The third-order valence-corrected chi connectivity index (χ3v) is 11.5. The number of fused-ring (bicyclic) bond motifs is 8. The summed E-state index contributed by atoms with van der Waals surface area (Å²) in [5.41, 5.74) is 9.63. The predicted molar refractivity (Wildman–Crippen MR) is 191 cm³/mol. The molecule has 0 bridgehead atoms. The Balaban J connectivity index is 1.11. The fourth-order valence-electron chi connectivity index (χ4n) is 7.68. The normalized spacial score (nSPS) is 21.0. The molecular weight excluding hydrogens is 599 g/mol. The summed E-state index contributed by atoms with van der Waals surface area (Å²) in [5.74, 6) is 2.24. The first-order valence-corrected chi connectivity index (χ1v) is 17.2. The second-order valence-corrected chi connectivity index (χ2v) is 15.9. The van der Waals surface area contributed by atoms with E-state index in [-0.39, 0.29) is 5.41 Å². The average molecular weight is 636 g/mol. The number of pyridine rings is 1. The number of aromatic nitrogens is 2. The molecule has 2 aromatic heterocycles. The van der Waals surface area contributed by atoms with E-state index in [4.69, 9.17) is 19.5 Å². The summed E-state index contributed by atoms with van der Waals surface area (Å²) < 4.78 is 15.7. The Bertz CT molecular complexity index is 2360. The van der Waals surface area contributed by atoms with Crippen molar-refractivity contribution in [3.63, 3.8) is 0 Å². The molecule has 0 fully saturated rings. The number of hydrogen-bond donors (Lipinski definition) is 0. The molecule has 9 rings (SSSR count). The first kappa shape index (κ1) is 28.7. The summed E-state index contributed by atoms with van der Waals surface area (Å²) in [5, 5.41) is 2.41. The molecule has 2 aliphatic heterocycles. The molecule has 0 radical (unpaired) electrons. The van der Waals surface area contributed by atoms with E-state index in [0.29, 0.717) is 5.90 Å². The van der Waals surface area contributed by atoms with Gasteiger partial charge in [-0.2, -0.15) is 0 Å².